The van der Waals surface area contributed by atoms with Crippen molar-refractivity contribution in [2.45, 2.75) is 53.6 Å². The molecule has 1 heterocycles. The smallest absolute Gasteiger partial charge is 0.250 e. The van der Waals surface area contributed by atoms with Crippen molar-refractivity contribution in [3.63, 3.8) is 0 Å². The van der Waals surface area contributed by atoms with E-state index in [9.17, 15) is 9.59 Å². The molecule has 1 aromatic carbocycles. The van der Waals surface area contributed by atoms with Crippen LogP contribution in [0.1, 0.15) is 38.8 Å². The maximum atomic E-state index is 12.9. The van der Waals surface area contributed by atoms with E-state index in [0.717, 1.165) is 16.8 Å². The van der Waals surface area contributed by atoms with Crippen molar-refractivity contribution in [1.29, 1.82) is 0 Å². The maximum Gasteiger partial charge on any atom is 0.250 e. The quantitative estimate of drug-likeness (QED) is 0.863. The zero-order valence-electron chi connectivity index (χ0n) is 13.7. The topological polar surface area (TPSA) is 49.4 Å². The second kappa shape index (κ2) is 5.17. The van der Waals surface area contributed by atoms with E-state index in [4.69, 9.17) is 0 Å². The van der Waals surface area contributed by atoms with Crippen LogP contribution in [0.2, 0.25) is 0 Å². The van der Waals surface area contributed by atoms with Gasteiger partial charge in [0.05, 0.1) is 0 Å². The highest BCUT2D eigenvalue weighted by molar-refractivity contribution is 6.08. The first kappa shape index (κ1) is 15.5. The Hall–Kier alpha value is -1.84. The van der Waals surface area contributed by atoms with Crippen LogP contribution in [0.15, 0.2) is 18.2 Å². The van der Waals surface area contributed by atoms with Crippen molar-refractivity contribution in [3.05, 3.63) is 29.3 Å². The van der Waals surface area contributed by atoms with Gasteiger partial charge in [-0.1, -0.05) is 26.8 Å². The Labute approximate surface area is 126 Å². The van der Waals surface area contributed by atoms with Gasteiger partial charge in [-0.05, 0) is 49.4 Å². The molecule has 1 N–H and O–H groups in total. The lowest BCUT2D eigenvalue weighted by Crippen LogP contribution is -2.66. The summed E-state index contributed by atoms with van der Waals surface area (Å²) < 4.78 is 0. The maximum absolute atomic E-state index is 12.9. The van der Waals surface area contributed by atoms with Gasteiger partial charge in [-0.15, -0.1) is 0 Å². The minimum Gasteiger partial charge on any atom is -0.342 e. The first-order valence-corrected chi connectivity index (χ1v) is 7.33. The lowest BCUT2D eigenvalue weighted by molar-refractivity contribution is -0.136. The van der Waals surface area contributed by atoms with Gasteiger partial charge >= 0.3 is 0 Å². The fourth-order valence-corrected chi connectivity index (χ4v) is 2.80. The van der Waals surface area contributed by atoms with Gasteiger partial charge in [-0.2, -0.15) is 0 Å². The molecule has 1 fully saturated rings. The average Bonchev–Trinajstić information content (AvgIpc) is 2.31. The molecule has 2 unspecified atom stereocenters. The molecule has 0 aliphatic carbocycles. The van der Waals surface area contributed by atoms with Gasteiger partial charge in [-0.3, -0.25) is 14.5 Å². The van der Waals surface area contributed by atoms with E-state index in [0.29, 0.717) is 0 Å². The SMILES string of the molecule is Cc1cc(C)cc(N2C(=O)C(C(C)(C)C)NC(=O)C2C)c1. The van der Waals surface area contributed by atoms with Gasteiger partial charge < -0.3 is 5.32 Å². The monoisotopic (exact) mass is 288 g/mol. The summed E-state index contributed by atoms with van der Waals surface area (Å²) in [4.78, 5) is 26.7. The van der Waals surface area contributed by atoms with Gasteiger partial charge in [0.15, 0.2) is 0 Å². The second-order valence-electron chi connectivity index (χ2n) is 7.04. The van der Waals surface area contributed by atoms with E-state index >= 15 is 0 Å². The summed E-state index contributed by atoms with van der Waals surface area (Å²) in [6.45, 7) is 11.7. The van der Waals surface area contributed by atoms with E-state index in [1.54, 1.807) is 11.8 Å². The molecule has 0 radical (unpaired) electrons. The Balaban J connectivity index is 2.48. The predicted molar refractivity (Wildman–Crippen MR) is 84.2 cm³/mol. The number of hydrogen-bond donors (Lipinski definition) is 1. The fourth-order valence-electron chi connectivity index (χ4n) is 2.80. The number of rotatable bonds is 1. The lowest BCUT2D eigenvalue weighted by atomic mass is 9.84. The number of piperazine rings is 1. The minimum atomic E-state index is -0.498. The largest absolute Gasteiger partial charge is 0.342 e. The first-order chi connectivity index (χ1) is 9.61. The Bertz CT molecular complexity index is 567. The minimum absolute atomic E-state index is 0.0420. The molecule has 21 heavy (non-hydrogen) atoms. The summed E-state index contributed by atoms with van der Waals surface area (Å²) >= 11 is 0. The molecular weight excluding hydrogens is 264 g/mol. The molecule has 0 bridgehead atoms. The molecule has 0 spiro atoms. The van der Waals surface area contributed by atoms with E-state index in [1.165, 1.54) is 0 Å². The summed E-state index contributed by atoms with van der Waals surface area (Å²) in [5, 5.41) is 2.85. The number of amides is 2. The van der Waals surface area contributed by atoms with Crippen LogP contribution in [0.5, 0.6) is 0 Å². The highest BCUT2D eigenvalue weighted by atomic mass is 16.2. The summed E-state index contributed by atoms with van der Waals surface area (Å²) in [5.74, 6) is -0.145. The zero-order chi connectivity index (χ0) is 15.9. The predicted octanol–water partition coefficient (Wildman–Crippen LogP) is 2.57. The van der Waals surface area contributed by atoms with Gasteiger partial charge in [0.2, 0.25) is 5.91 Å². The van der Waals surface area contributed by atoms with Crippen LogP contribution in [-0.4, -0.2) is 23.9 Å². The van der Waals surface area contributed by atoms with Crippen LogP contribution in [-0.2, 0) is 9.59 Å². The summed E-state index contributed by atoms with van der Waals surface area (Å²) in [7, 11) is 0. The molecule has 1 saturated heterocycles. The van der Waals surface area contributed by atoms with Crippen molar-refractivity contribution in [1.82, 2.24) is 5.32 Å². The number of carbonyl (C=O) groups excluding carboxylic acids is 2. The first-order valence-electron chi connectivity index (χ1n) is 7.33. The third kappa shape index (κ3) is 2.94. The summed E-state index contributed by atoms with van der Waals surface area (Å²) in [6, 6.07) is 4.99. The van der Waals surface area contributed by atoms with Gasteiger partial charge in [0, 0.05) is 5.69 Å². The number of anilines is 1. The Morgan fingerprint density at radius 3 is 2.05 bits per heavy atom. The Morgan fingerprint density at radius 1 is 1.05 bits per heavy atom. The fraction of sp³-hybridized carbons (Fsp3) is 0.529. The Kier molecular flexibility index (Phi) is 3.83. The summed E-state index contributed by atoms with van der Waals surface area (Å²) in [5.41, 5.74) is 2.66. The number of nitrogens with one attached hydrogen (secondary N) is 1. The molecule has 0 saturated carbocycles. The third-order valence-corrected chi connectivity index (χ3v) is 3.89. The highest BCUT2D eigenvalue weighted by Crippen LogP contribution is 2.29. The number of carbonyl (C=O) groups is 2. The number of hydrogen-bond acceptors (Lipinski definition) is 2. The van der Waals surface area contributed by atoms with Crippen LogP contribution in [0.25, 0.3) is 0 Å². The van der Waals surface area contributed by atoms with E-state index < -0.39 is 12.1 Å². The molecular formula is C17H24N2O2. The summed E-state index contributed by atoms with van der Waals surface area (Å²) in [6.07, 6.45) is 0. The molecule has 1 aliphatic heterocycles. The van der Waals surface area contributed by atoms with Crippen molar-refractivity contribution in [2.24, 2.45) is 5.41 Å². The highest BCUT2D eigenvalue weighted by Gasteiger charge is 2.44. The van der Waals surface area contributed by atoms with Gasteiger partial charge in [0.1, 0.15) is 12.1 Å². The molecule has 4 heteroatoms. The molecule has 2 atom stereocenters. The van der Waals surface area contributed by atoms with Crippen LogP contribution in [0.4, 0.5) is 5.69 Å². The Morgan fingerprint density at radius 2 is 1.57 bits per heavy atom. The normalized spacial score (nSPS) is 23.2. The molecule has 1 aliphatic rings. The van der Waals surface area contributed by atoms with Crippen molar-refractivity contribution >= 4 is 17.5 Å². The van der Waals surface area contributed by atoms with Crippen molar-refractivity contribution in [3.8, 4) is 0 Å². The van der Waals surface area contributed by atoms with Gasteiger partial charge in [-0.25, -0.2) is 0 Å². The molecule has 2 rings (SSSR count). The van der Waals surface area contributed by atoms with Crippen LogP contribution in [0.3, 0.4) is 0 Å². The van der Waals surface area contributed by atoms with Crippen molar-refractivity contribution < 1.29 is 9.59 Å². The van der Waals surface area contributed by atoms with Gasteiger partial charge in [0.25, 0.3) is 5.91 Å². The standard InChI is InChI=1S/C17H24N2O2/c1-10-7-11(2)9-13(8-10)19-12(3)15(20)18-14(16(19)21)17(4,5)6/h7-9,12,14H,1-6H3,(H,18,20). The molecule has 114 valence electrons. The number of nitrogens with zero attached hydrogens (tertiary/aromatic N) is 1. The molecule has 0 aromatic heterocycles. The van der Waals surface area contributed by atoms with Crippen molar-refractivity contribution in [2.75, 3.05) is 4.90 Å². The van der Waals surface area contributed by atoms with Crippen LogP contribution < -0.4 is 10.2 Å². The van der Waals surface area contributed by atoms with E-state index in [1.807, 2.05) is 46.8 Å². The zero-order valence-corrected chi connectivity index (χ0v) is 13.7. The molecule has 2 amide bonds. The van der Waals surface area contributed by atoms with Crippen LogP contribution in [0, 0.1) is 19.3 Å². The molecule has 1 aromatic rings. The van der Waals surface area contributed by atoms with E-state index in [2.05, 4.69) is 11.4 Å². The lowest BCUT2D eigenvalue weighted by Gasteiger charge is -2.42. The average molecular weight is 288 g/mol. The second-order valence-corrected chi connectivity index (χ2v) is 7.04. The van der Waals surface area contributed by atoms with Crippen LogP contribution >= 0.6 is 0 Å². The number of benzene rings is 1. The van der Waals surface area contributed by atoms with E-state index in [-0.39, 0.29) is 17.2 Å². The molecule has 4 nitrogen and oxygen atoms in total. The third-order valence-electron chi connectivity index (χ3n) is 3.89. The number of aryl methyl sites for hydroxylation is 2.